The Balaban J connectivity index is 2.25. The van der Waals surface area contributed by atoms with Gasteiger partial charge < -0.3 is 0 Å². The highest BCUT2D eigenvalue weighted by Gasteiger charge is 2.30. The van der Waals surface area contributed by atoms with Gasteiger partial charge in [0.1, 0.15) is 5.78 Å². The van der Waals surface area contributed by atoms with Crippen LogP contribution in [-0.2, 0) is 4.79 Å². The fraction of sp³-hybridized carbons (Fsp3) is 0.429. The van der Waals surface area contributed by atoms with Crippen molar-refractivity contribution in [1.82, 2.24) is 0 Å². The van der Waals surface area contributed by atoms with Crippen LogP contribution in [0.4, 0.5) is 5.69 Å². The Bertz CT molecular complexity index is 477. The number of ketones is 1. The molecule has 0 heterocycles. The highest BCUT2D eigenvalue weighted by Crippen LogP contribution is 2.33. The van der Waals surface area contributed by atoms with E-state index in [1.54, 1.807) is 0 Å². The van der Waals surface area contributed by atoms with Crippen LogP contribution in [0.3, 0.4) is 0 Å². The minimum Gasteiger partial charge on any atom is -0.299 e. The van der Waals surface area contributed by atoms with Crippen molar-refractivity contribution in [2.45, 2.75) is 33.1 Å². The molecule has 1 aromatic carbocycles. The fourth-order valence-corrected chi connectivity index (χ4v) is 2.49. The Hall–Kier alpha value is -1.15. The topological polar surface area (TPSA) is 29.4 Å². The van der Waals surface area contributed by atoms with Crippen molar-refractivity contribution < 1.29 is 4.79 Å². The van der Waals surface area contributed by atoms with Crippen molar-refractivity contribution in [3.63, 3.8) is 0 Å². The largest absolute Gasteiger partial charge is 0.299 e. The Morgan fingerprint density at radius 2 is 2.06 bits per heavy atom. The maximum Gasteiger partial charge on any atom is 0.139 e. The lowest BCUT2D eigenvalue weighted by Crippen LogP contribution is -2.28. The third-order valence-electron chi connectivity index (χ3n) is 2.85. The van der Waals surface area contributed by atoms with Gasteiger partial charge in [0, 0.05) is 23.6 Å². The van der Waals surface area contributed by atoms with E-state index in [2.05, 4.69) is 18.8 Å². The number of rotatable bonds is 1. The first kappa shape index (κ1) is 12.3. The second-order valence-electron chi connectivity index (χ2n) is 5.39. The SMILES string of the molecule is CC1(C)CC(=O)CC(=Nc2cccc(Cl)c2)C1. The number of carbonyl (C=O) groups excluding carboxylic acids is 1. The molecule has 17 heavy (non-hydrogen) atoms. The Morgan fingerprint density at radius 3 is 2.71 bits per heavy atom. The van der Waals surface area contributed by atoms with Crippen molar-refractivity contribution in [1.29, 1.82) is 0 Å². The zero-order valence-electron chi connectivity index (χ0n) is 10.2. The Kier molecular flexibility index (Phi) is 3.34. The lowest BCUT2D eigenvalue weighted by molar-refractivity contribution is -0.120. The zero-order chi connectivity index (χ0) is 12.5. The van der Waals surface area contributed by atoms with E-state index in [1.165, 1.54) is 0 Å². The Labute approximate surface area is 107 Å². The number of Topliss-reactive ketones (excluding diaryl/α,β-unsaturated/α-hetero) is 1. The molecule has 1 aromatic rings. The molecule has 2 rings (SSSR count). The van der Waals surface area contributed by atoms with Gasteiger partial charge in [-0.2, -0.15) is 0 Å². The van der Waals surface area contributed by atoms with Gasteiger partial charge in [0.05, 0.1) is 5.69 Å². The van der Waals surface area contributed by atoms with Crippen molar-refractivity contribution >= 4 is 28.8 Å². The molecule has 0 atom stereocenters. The zero-order valence-corrected chi connectivity index (χ0v) is 10.9. The number of benzene rings is 1. The molecule has 0 bridgehead atoms. The average Bonchev–Trinajstić information content (AvgIpc) is 2.13. The average molecular weight is 250 g/mol. The van der Waals surface area contributed by atoms with Gasteiger partial charge in [-0.05, 0) is 30.0 Å². The van der Waals surface area contributed by atoms with Crippen LogP contribution in [0.5, 0.6) is 0 Å². The first-order valence-electron chi connectivity index (χ1n) is 5.78. The second kappa shape index (κ2) is 4.61. The normalized spacial score (nSPS) is 21.8. The van der Waals surface area contributed by atoms with Gasteiger partial charge in [-0.15, -0.1) is 0 Å². The van der Waals surface area contributed by atoms with Gasteiger partial charge >= 0.3 is 0 Å². The maximum absolute atomic E-state index is 11.6. The van der Waals surface area contributed by atoms with Gasteiger partial charge in [-0.1, -0.05) is 31.5 Å². The standard InChI is InChI=1S/C14H16ClNO/c1-14(2)8-12(7-13(17)9-14)16-11-5-3-4-10(15)6-11/h3-6H,7-9H2,1-2H3. The van der Waals surface area contributed by atoms with E-state index in [9.17, 15) is 4.79 Å². The number of nitrogens with zero attached hydrogens (tertiary/aromatic N) is 1. The summed E-state index contributed by atoms with van der Waals surface area (Å²) in [6, 6.07) is 7.42. The fourth-order valence-electron chi connectivity index (χ4n) is 2.31. The number of carbonyl (C=O) groups is 1. The third kappa shape index (κ3) is 3.40. The predicted octanol–water partition coefficient (Wildman–Crippen LogP) is 4.19. The first-order valence-corrected chi connectivity index (χ1v) is 6.16. The first-order chi connectivity index (χ1) is 7.94. The lowest BCUT2D eigenvalue weighted by atomic mass is 9.76. The number of hydrogen-bond donors (Lipinski definition) is 0. The Morgan fingerprint density at radius 1 is 1.29 bits per heavy atom. The molecule has 0 saturated heterocycles. The number of aliphatic imine (C=N–C) groups is 1. The van der Waals surface area contributed by atoms with E-state index in [0.717, 1.165) is 17.8 Å². The van der Waals surface area contributed by atoms with Crippen LogP contribution in [0.15, 0.2) is 29.3 Å². The van der Waals surface area contributed by atoms with Crippen LogP contribution in [-0.4, -0.2) is 11.5 Å². The van der Waals surface area contributed by atoms with E-state index < -0.39 is 0 Å². The molecule has 0 radical (unpaired) electrons. The molecule has 1 aliphatic carbocycles. The molecule has 0 unspecified atom stereocenters. The molecule has 1 aliphatic rings. The van der Waals surface area contributed by atoms with Crippen LogP contribution < -0.4 is 0 Å². The molecular weight excluding hydrogens is 234 g/mol. The highest BCUT2D eigenvalue weighted by atomic mass is 35.5. The molecule has 0 aromatic heterocycles. The van der Waals surface area contributed by atoms with E-state index >= 15 is 0 Å². The van der Waals surface area contributed by atoms with E-state index in [-0.39, 0.29) is 11.2 Å². The van der Waals surface area contributed by atoms with Gasteiger partial charge in [0.15, 0.2) is 0 Å². The van der Waals surface area contributed by atoms with Crippen LogP contribution in [0, 0.1) is 5.41 Å². The molecule has 0 N–H and O–H groups in total. The molecule has 1 fully saturated rings. The summed E-state index contributed by atoms with van der Waals surface area (Å²) in [4.78, 5) is 16.2. The second-order valence-corrected chi connectivity index (χ2v) is 5.83. The number of hydrogen-bond acceptors (Lipinski definition) is 2. The third-order valence-corrected chi connectivity index (χ3v) is 3.09. The summed E-state index contributed by atoms with van der Waals surface area (Å²) in [6.07, 6.45) is 2.02. The molecule has 2 nitrogen and oxygen atoms in total. The van der Waals surface area contributed by atoms with Crippen molar-refractivity contribution in [3.05, 3.63) is 29.3 Å². The summed E-state index contributed by atoms with van der Waals surface area (Å²) in [5, 5.41) is 0.674. The molecule has 0 spiro atoms. The summed E-state index contributed by atoms with van der Waals surface area (Å²) in [7, 11) is 0. The molecule has 1 saturated carbocycles. The van der Waals surface area contributed by atoms with Gasteiger partial charge in [0.25, 0.3) is 0 Å². The highest BCUT2D eigenvalue weighted by molar-refractivity contribution is 6.30. The molecule has 0 amide bonds. The quantitative estimate of drug-likeness (QED) is 0.734. The predicted molar refractivity (Wildman–Crippen MR) is 71.2 cm³/mol. The summed E-state index contributed by atoms with van der Waals surface area (Å²) in [5.74, 6) is 0.280. The monoisotopic (exact) mass is 249 g/mol. The minimum atomic E-state index is 0.0345. The summed E-state index contributed by atoms with van der Waals surface area (Å²) < 4.78 is 0. The maximum atomic E-state index is 11.6. The smallest absolute Gasteiger partial charge is 0.139 e. The minimum absolute atomic E-state index is 0.0345. The van der Waals surface area contributed by atoms with E-state index in [1.807, 2.05) is 24.3 Å². The van der Waals surface area contributed by atoms with Gasteiger partial charge in [-0.25, -0.2) is 0 Å². The molecule has 0 aliphatic heterocycles. The summed E-state index contributed by atoms with van der Waals surface area (Å²) in [6.45, 7) is 4.22. The van der Waals surface area contributed by atoms with Gasteiger partial charge in [-0.3, -0.25) is 9.79 Å². The number of halogens is 1. The van der Waals surface area contributed by atoms with E-state index in [4.69, 9.17) is 11.6 Å². The van der Waals surface area contributed by atoms with Crippen LogP contribution >= 0.6 is 11.6 Å². The molecule has 90 valence electrons. The van der Waals surface area contributed by atoms with Crippen LogP contribution in [0.1, 0.15) is 33.1 Å². The van der Waals surface area contributed by atoms with Crippen molar-refractivity contribution in [3.8, 4) is 0 Å². The van der Waals surface area contributed by atoms with Crippen molar-refractivity contribution in [2.75, 3.05) is 0 Å². The van der Waals surface area contributed by atoms with Crippen molar-refractivity contribution in [2.24, 2.45) is 10.4 Å². The molecule has 3 heteroatoms. The van der Waals surface area contributed by atoms with Crippen LogP contribution in [0.25, 0.3) is 0 Å². The summed E-state index contributed by atoms with van der Waals surface area (Å²) >= 11 is 5.91. The summed E-state index contributed by atoms with van der Waals surface area (Å²) in [5.41, 5.74) is 1.83. The molecular formula is C14H16ClNO. The van der Waals surface area contributed by atoms with Crippen LogP contribution in [0.2, 0.25) is 5.02 Å². The lowest BCUT2D eigenvalue weighted by Gasteiger charge is -2.29. The van der Waals surface area contributed by atoms with E-state index in [0.29, 0.717) is 17.9 Å². The van der Waals surface area contributed by atoms with Gasteiger partial charge in [0.2, 0.25) is 0 Å².